The third-order valence-corrected chi connectivity index (χ3v) is 2.03. The number of amidine groups is 1. The highest BCUT2D eigenvalue weighted by molar-refractivity contribution is 6.07. The van der Waals surface area contributed by atoms with Gasteiger partial charge in [-0.3, -0.25) is 4.79 Å². The van der Waals surface area contributed by atoms with Crippen molar-refractivity contribution in [1.29, 1.82) is 0 Å². The van der Waals surface area contributed by atoms with Crippen molar-refractivity contribution in [3.05, 3.63) is 18.7 Å². The van der Waals surface area contributed by atoms with Gasteiger partial charge < -0.3 is 16.3 Å². The summed E-state index contributed by atoms with van der Waals surface area (Å²) >= 11 is 0. The molecule has 0 saturated carbocycles. The third-order valence-electron chi connectivity index (χ3n) is 2.03. The molecule has 7 heteroatoms. The fraction of sp³-hybridized carbons (Fsp3) is 0.333. The van der Waals surface area contributed by atoms with Crippen molar-refractivity contribution >= 4 is 17.4 Å². The maximum absolute atomic E-state index is 11.7. The van der Waals surface area contributed by atoms with Crippen LogP contribution in [0.3, 0.4) is 0 Å². The molecule has 0 aliphatic heterocycles. The molecule has 1 unspecified atom stereocenters. The van der Waals surface area contributed by atoms with Gasteiger partial charge in [0, 0.05) is 0 Å². The number of aromatic nitrogens is 2. The van der Waals surface area contributed by atoms with E-state index in [4.69, 9.17) is 10.9 Å². The largest absolute Gasteiger partial charge is 0.409 e. The average Bonchev–Trinajstić information content (AvgIpc) is 2.31. The van der Waals surface area contributed by atoms with E-state index < -0.39 is 5.92 Å². The molecule has 0 fully saturated rings. The molecular formula is C9H13N5O2. The van der Waals surface area contributed by atoms with Crippen LogP contribution in [-0.4, -0.2) is 26.9 Å². The molecule has 1 amide bonds. The summed E-state index contributed by atoms with van der Waals surface area (Å²) in [5.74, 6) is -1.13. The molecule has 0 aliphatic rings. The standard InChI is InChI=1S/C9H13N5O2/c1-2-7(8(10)14-16)9(15)13-6-3-11-5-12-4-6/h3-5,7,16H,2H2,1H3,(H2,10,14)(H,13,15). The van der Waals surface area contributed by atoms with Gasteiger partial charge in [-0.2, -0.15) is 0 Å². The van der Waals surface area contributed by atoms with E-state index in [1.54, 1.807) is 6.92 Å². The fourth-order valence-electron chi connectivity index (χ4n) is 1.19. The summed E-state index contributed by atoms with van der Waals surface area (Å²) in [6.45, 7) is 1.77. The summed E-state index contributed by atoms with van der Waals surface area (Å²) in [5.41, 5.74) is 5.86. The van der Waals surface area contributed by atoms with Crippen LogP contribution < -0.4 is 11.1 Å². The van der Waals surface area contributed by atoms with Gasteiger partial charge in [0.2, 0.25) is 5.91 Å². The zero-order valence-electron chi connectivity index (χ0n) is 8.79. The van der Waals surface area contributed by atoms with E-state index in [1.807, 2.05) is 0 Å². The van der Waals surface area contributed by atoms with Crippen LogP contribution in [0.5, 0.6) is 0 Å². The topological polar surface area (TPSA) is 113 Å². The number of nitrogens with zero attached hydrogens (tertiary/aromatic N) is 3. The highest BCUT2D eigenvalue weighted by atomic mass is 16.4. The van der Waals surface area contributed by atoms with E-state index >= 15 is 0 Å². The van der Waals surface area contributed by atoms with Crippen LogP contribution in [0.25, 0.3) is 0 Å². The third kappa shape index (κ3) is 2.91. The summed E-state index contributed by atoms with van der Waals surface area (Å²) in [7, 11) is 0. The molecule has 7 nitrogen and oxygen atoms in total. The molecule has 0 bridgehead atoms. The molecule has 86 valence electrons. The van der Waals surface area contributed by atoms with E-state index in [-0.39, 0.29) is 11.7 Å². The second kappa shape index (κ2) is 5.64. The zero-order chi connectivity index (χ0) is 12.0. The maximum Gasteiger partial charge on any atom is 0.235 e. The van der Waals surface area contributed by atoms with Crippen LogP contribution in [-0.2, 0) is 4.79 Å². The van der Waals surface area contributed by atoms with Crippen LogP contribution in [0.15, 0.2) is 23.9 Å². The number of hydrogen-bond donors (Lipinski definition) is 3. The van der Waals surface area contributed by atoms with Crippen molar-refractivity contribution < 1.29 is 10.0 Å². The lowest BCUT2D eigenvalue weighted by Crippen LogP contribution is -2.34. The quantitative estimate of drug-likeness (QED) is 0.292. The number of rotatable bonds is 4. The molecule has 16 heavy (non-hydrogen) atoms. The number of carbonyl (C=O) groups excluding carboxylic acids is 1. The predicted molar refractivity (Wildman–Crippen MR) is 57.9 cm³/mol. The number of amides is 1. The first-order chi connectivity index (χ1) is 7.69. The van der Waals surface area contributed by atoms with Crippen molar-refractivity contribution in [2.24, 2.45) is 16.8 Å². The SMILES string of the molecule is CCC(C(=O)Nc1cncnc1)C(N)=NO. The Kier molecular flexibility index (Phi) is 4.19. The van der Waals surface area contributed by atoms with Gasteiger partial charge in [0.25, 0.3) is 0 Å². The van der Waals surface area contributed by atoms with Crippen LogP contribution in [0.2, 0.25) is 0 Å². The number of nitrogens with one attached hydrogen (secondary N) is 1. The Balaban J connectivity index is 2.71. The molecular weight excluding hydrogens is 210 g/mol. The minimum Gasteiger partial charge on any atom is -0.409 e. The minimum atomic E-state index is -0.662. The van der Waals surface area contributed by atoms with Gasteiger partial charge in [-0.1, -0.05) is 12.1 Å². The van der Waals surface area contributed by atoms with E-state index in [1.165, 1.54) is 18.7 Å². The Hall–Kier alpha value is -2.18. The monoisotopic (exact) mass is 223 g/mol. The summed E-state index contributed by atoms with van der Waals surface area (Å²) in [5, 5.41) is 13.9. The Morgan fingerprint density at radius 3 is 2.75 bits per heavy atom. The molecule has 1 aromatic heterocycles. The molecule has 1 heterocycles. The first-order valence-corrected chi connectivity index (χ1v) is 4.72. The van der Waals surface area contributed by atoms with E-state index in [2.05, 4.69) is 20.4 Å². The highest BCUT2D eigenvalue weighted by Crippen LogP contribution is 2.08. The van der Waals surface area contributed by atoms with E-state index in [0.717, 1.165) is 0 Å². The van der Waals surface area contributed by atoms with Crippen LogP contribution in [0.1, 0.15) is 13.3 Å². The molecule has 1 aromatic rings. The number of oxime groups is 1. The zero-order valence-corrected chi connectivity index (χ0v) is 8.79. The summed E-state index contributed by atoms with van der Waals surface area (Å²) < 4.78 is 0. The first kappa shape index (κ1) is 11.9. The van der Waals surface area contributed by atoms with Crippen molar-refractivity contribution in [2.45, 2.75) is 13.3 Å². The first-order valence-electron chi connectivity index (χ1n) is 4.72. The van der Waals surface area contributed by atoms with Gasteiger partial charge in [0.1, 0.15) is 6.33 Å². The second-order valence-electron chi connectivity index (χ2n) is 3.10. The molecule has 0 aromatic carbocycles. The van der Waals surface area contributed by atoms with Gasteiger partial charge >= 0.3 is 0 Å². The molecule has 1 atom stereocenters. The number of anilines is 1. The van der Waals surface area contributed by atoms with Crippen LogP contribution in [0.4, 0.5) is 5.69 Å². The molecule has 0 spiro atoms. The maximum atomic E-state index is 11.7. The Morgan fingerprint density at radius 2 is 2.25 bits per heavy atom. The molecule has 1 rings (SSSR count). The van der Waals surface area contributed by atoms with Crippen molar-refractivity contribution in [3.8, 4) is 0 Å². The van der Waals surface area contributed by atoms with Gasteiger partial charge in [-0.25, -0.2) is 9.97 Å². The second-order valence-corrected chi connectivity index (χ2v) is 3.10. The van der Waals surface area contributed by atoms with Gasteiger partial charge in [0.15, 0.2) is 5.84 Å². The van der Waals surface area contributed by atoms with E-state index in [0.29, 0.717) is 12.1 Å². The average molecular weight is 223 g/mol. The number of nitrogens with two attached hydrogens (primary N) is 1. The molecule has 0 saturated heterocycles. The lowest BCUT2D eigenvalue weighted by atomic mass is 10.0. The fourth-order valence-corrected chi connectivity index (χ4v) is 1.19. The normalized spacial score (nSPS) is 13.2. The smallest absolute Gasteiger partial charge is 0.235 e. The number of carbonyl (C=O) groups is 1. The van der Waals surface area contributed by atoms with Gasteiger partial charge in [-0.05, 0) is 6.42 Å². The summed E-state index contributed by atoms with van der Waals surface area (Å²) in [6, 6.07) is 0. The number of hydrogen-bond acceptors (Lipinski definition) is 5. The molecule has 0 radical (unpaired) electrons. The van der Waals surface area contributed by atoms with Gasteiger partial charge in [-0.15, -0.1) is 0 Å². The van der Waals surface area contributed by atoms with Crippen LogP contribution >= 0.6 is 0 Å². The van der Waals surface area contributed by atoms with Crippen molar-refractivity contribution in [2.75, 3.05) is 5.32 Å². The molecule has 0 aliphatic carbocycles. The molecule has 4 N–H and O–H groups in total. The van der Waals surface area contributed by atoms with Crippen molar-refractivity contribution in [3.63, 3.8) is 0 Å². The summed E-state index contributed by atoms with van der Waals surface area (Å²) in [6.07, 6.45) is 4.72. The highest BCUT2D eigenvalue weighted by Gasteiger charge is 2.21. The predicted octanol–water partition coefficient (Wildman–Crippen LogP) is 0.188. The Morgan fingerprint density at radius 1 is 1.62 bits per heavy atom. The summed E-state index contributed by atoms with van der Waals surface area (Å²) in [4.78, 5) is 19.2. The lowest BCUT2D eigenvalue weighted by Gasteiger charge is -2.12. The Bertz CT molecular complexity index is 379. The van der Waals surface area contributed by atoms with Crippen molar-refractivity contribution in [1.82, 2.24) is 9.97 Å². The van der Waals surface area contributed by atoms with Gasteiger partial charge in [0.05, 0.1) is 24.0 Å². The van der Waals surface area contributed by atoms with E-state index in [9.17, 15) is 4.79 Å². The minimum absolute atomic E-state index is 0.114. The lowest BCUT2D eigenvalue weighted by molar-refractivity contribution is -0.118. The Labute approximate surface area is 92.4 Å². The van der Waals surface area contributed by atoms with Crippen LogP contribution in [0, 0.1) is 5.92 Å².